The Bertz CT molecular complexity index is 631. The third kappa shape index (κ3) is 3.27. The molecule has 6 nitrogen and oxygen atoms in total. The van der Waals surface area contributed by atoms with E-state index in [1.54, 1.807) is 4.72 Å². The fourth-order valence-electron chi connectivity index (χ4n) is 1.37. The molecule has 4 N–H and O–H groups in total. The number of benzene rings is 1. The summed E-state index contributed by atoms with van der Waals surface area (Å²) in [4.78, 5) is 11.0. The molecule has 0 bridgehead atoms. The Hall–Kier alpha value is -1.54. The summed E-state index contributed by atoms with van der Waals surface area (Å²) < 4.78 is 38.7. The molecule has 0 radical (unpaired) electrons. The van der Waals surface area contributed by atoms with Gasteiger partial charge >= 0.3 is 6.03 Å². The van der Waals surface area contributed by atoms with Gasteiger partial charge in [-0.25, -0.2) is 22.3 Å². The molecule has 0 aliphatic heterocycles. The molecule has 0 spiro atoms. The normalized spacial score (nSPS) is 15.1. The van der Waals surface area contributed by atoms with E-state index in [9.17, 15) is 17.6 Å². The van der Waals surface area contributed by atoms with Gasteiger partial charge < -0.3 is 11.1 Å². The molecule has 1 aromatic rings. The number of hydrogen-bond acceptors (Lipinski definition) is 4. The summed E-state index contributed by atoms with van der Waals surface area (Å²) in [7, 11) is -4.19. The van der Waals surface area contributed by atoms with Gasteiger partial charge in [-0.1, -0.05) is 11.6 Å². The monoisotopic (exact) mass is 307 g/mol. The number of sulfonamides is 1. The van der Waals surface area contributed by atoms with Crippen LogP contribution in [0.1, 0.15) is 12.8 Å². The lowest BCUT2D eigenvalue weighted by molar-refractivity contribution is 0.245. The average Bonchev–Trinajstić information content (AvgIpc) is 3.05. The Morgan fingerprint density at radius 1 is 1.42 bits per heavy atom. The van der Waals surface area contributed by atoms with Crippen molar-refractivity contribution in [3.05, 3.63) is 23.0 Å². The topological polar surface area (TPSA) is 101 Å². The Balaban J connectivity index is 2.23. The molecule has 19 heavy (non-hydrogen) atoms. The number of hydrogen-bond donors (Lipinski definition) is 3. The minimum absolute atomic E-state index is 0.00367. The highest BCUT2D eigenvalue weighted by Gasteiger charge is 2.27. The smallest absolute Gasteiger partial charge is 0.328 e. The van der Waals surface area contributed by atoms with Crippen LogP contribution in [0.3, 0.4) is 0 Å². The molecular formula is C10H11ClFN3O3S. The second-order valence-electron chi connectivity index (χ2n) is 4.16. The number of carbonyl (C=O) groups excluding carboxylic acids is 1. The number of halogens is 2. The molecule has 1 aromatic carbocycles. The van der Waals surface area contributed by atoms with Gasteiger partial charge in [-0.05, 0) is 25.0 Å². The van der Waals surface area contributed by atoms with Crippen LogP contribution in [0, 0.1) is 5.82 Å². The molecule has 0 aromatic heterocycles. The molecule has 2 amide bonds. The van der Waals surface area contributed by atoms with Crippen molar-refractivity contribution in [2.75, 3.05) is 5.73 Å². The van der Waals surface area contributed by atoms with E-state index in [1.807, 2.05) is 0 Å². The Morgan fingerprint density at radius 2 is 2.05 bits per heavy atom. The van der Waals surface area contributed by atoms with Crippen molar-refractivity contribution >= 4 is 33.3 Å². The van der Waals surface area contributed by atoms with E-state index in [0.717, 1.165) is 25.0 Å². The molecule has 0 saturated heterocycles. The number of amides is 2. The first-order valence-electron chi connectivity index (χ1n) is 5.37. The second-order valence-corrected chi connectivity index (χ2v) is 6.22. The van der Waals surface area contributed by atoms with Gasteiger partial charge in [-0.15, -0.1) is 0 Å². The zero-order valence-electron chi connectivity index (χ0n) is 9.61. The zero-order chi connectivity index (χ0) is 14.2. The van der Waals surface area contributed by atoms with Crippen LogP contribution in [-0.2, 0) is 10.0 Å². The van der Waals surface area contributed by atoms with Crippen molar-refractivity contribution in [3.63, 3.8) is 0 Å². The highest BCUT2D eigenvalue weighted by Crippen LogP contribution is 2.26. The lowest BCUT2D eigenvalue weighted by atomic mass is 10.3. The van der Waals surface area contributed by atoms with Crippen molar-refractivity contribution in [3.8, 4) is 0 Å². The average molecular weight is 308 g/mol. The van der Waals surface area contributed by atoms with Crippen LogP contribution in [0.15, 0.2) is 17.0 Å². The van der Waals surface area contributed by atoms with Crippen LogP contribution in [0.5, 0.6) is 0 Å². The van der Waals surface area contributed by atoms with Crippen LogP contribution in [0.2, 0.25) is 5.02 Å². The van der Waals surface area contributed by atoms with E-state index in [0.29, 0.717) is 0 Å². The lowest BCUT2D eigenvalue weighted by Crippen LogP contribution is -2.40. The van der Waals surface area contributed by atoms with Gasteiger partial charge in [0.15, 0.2) is 0 Å². The minimum Gasteiger partial charge on any atom is -0.396 e. The number of carbonyl (C=O) groups is 1. The number of anilines is 1. The summed E-state index contributed by atoms with van der Waals surface area (Å²) in [6.45, 7) is 0. The fourth-order valence-corrected chi connectivity index (χ4v) is 2.84. The van der Waals surface area contributed by atoms with Gasteiger partial charge in [-0.2, -0.15) is 0 Å². The standard InChI is InChI=1S/C10H11ClFN3O3S/c11-6-3-7(12)8(13)4-9(6)19(17,18)15-10(16)14-5-1-2-5/h3-5H,1-2,13H2,(H2,14,15,16). The number of rotatable bonds is 3. The van der Waals surface area contributed by atoms with Gasteiger partial charge in [0.2, 0.25) is 0 Å². The van der Waals surface area contributed by atoms with E-state index < -0.39 is 26.8 Å². The summed E-state index contributed by atoms with van der Waals surface area (Å²) in [6, 6.07) is 0.805. The second kappa shape index (κ2) is 4.86. The molecule has 0 unspecified atom stereocenters. The summed E-state index contributed by atoms with van der Waals surface area (Å²) in [5, 5.41) is 2.10. The fraction of sp³-hybridized carbons (Fsp3) is 0.300. The maximum absolute atomic E-state index is 13.1. The highest BCUT2D eigenvalue weighted by atomic mass is 35.5. The van der Waals surface area contributed by atoms with Crippen molar-refractivity contribution in [1.82, 2.24) is 10.0 Å². The molecule has 1 fully saturated rings. The molecule has 1 saturated carbocycles. The Kier molecular flexibility index (Phi) is 3.55. The van der Waals surface area contributed by atoms with Crippen molar-refractivity contribution in [2.45, 2.75) is 23.8 Å². The molecule has 1 aliphatic carbocycles. The number of nitrogens with two attached hydrogens (primary N) is 1. The maximum atomic E-state index is 13.1. The van der Waals surface area contributed by atoms with Crippen LogP contribution >= 0.6 is 11.6 Å². The maximum Gasteiger partial charge on any atom is 0.328 e. The minimum atomic E-state index is -4.19. The summed E-state index contributed by atoms with van der Waals surface area (Å²) in [5.74, 6) is -0.827. The quantitative estimate of drug-likeness (QED) is 0.731. The van der Waals surface area contributed by atoms with Crippen molar-refractivity contribution in [2.24, 2.45) is 0 Å². The zero-order valence-corrected chi connectivity index (χ0v) is 11.2. The number of nitrogens with one attached hydrogen (secondary N) is 2. The molecule has 1 aliphatic rings. The molecule has 0 atom stereocenters. The van der Waals surface area contributed by atoms with E-state index in [4.69, 9.17) is 17.3 Å². The van der Waals surface area contributed by atoms with E-state index in [1.165, 1.54) is 0 Å². The van der Waals surface area contributed by atoms with Gasteiger partial charge in [-0.3, -0.25) is 0 Å². The molecule has 0 heterocycles. The first-order chi connectivity index (χ1) is 8.79. The molecule has 2 rings (SSSR count). The third-order valence-corrected chi connectivity index (χ3v) is 4.28. The first kappa shape index (κ1) is 13.9. The van der Waals surface area contributed by atoms with E-state index in [-0.39, 0.29) is 16.8 Å². The van der Waals surface area contributed by atoms with Gasteiger partial charge in [0.1, 0.15) is 10.7 Å². The number of nitrogen functional groups attached to an aromatic ring is 1. The highest BCUT2D eigenvalue weighted by molar-refractivity contribution is 7.90. The van der Waals surface area contributed by atoms with Crippen molar-refractivity contribution in [1.29, 1.82) is 0 Å². The SMILES string of the molecule is Nc1cc(S(=O)(=O)NC(=O)NC2CC2)c(Cl)cc1F. The predicted octanol–water partition coefficient (Wildman–Crippen LogP) is 1.21. The summed E-state index contributed by atoms with van der Waals surface area (Å²) in [5.41, 5.74) is 4.91. The van der Waals surface area contributed by atoms with Gasteiger partial charge in [0.25, 0.3) is 10.0 Å². The molecule has 9 heteroatoms. The van der Waals surface area contributed by atoms with Crippen LogP contribution in [-0.4, -0.2) is 20.5 Å². The van der Waals surface area contributed by atoms with Crippen molar-refractivity contribution < 1.29 is 17.6 Å². The van der Waals surface area contributed by atoms with Crippen LogP contribution in [0.4, 0.5) is 14.9 Å². The molecule has 104 valence electrons. The summed E-state index contributed by atoms with van der Waals surface area (Å²) >= 11 is 5.64. The predicted molar refractivity (Wildman–Crippen MR) is 67.7 cm³/mol. The summed E-state index contributed by atoms with van der Waals surface area (Å²) in [6.07, 6.45) is 1.63. The van der Waals surface area contributed by atoms with Gasteiger partial charge in [0.05, 0.1) is 10.7 Å². The Labute approximate surface area is 114 Å². The Morgan fingerprint density at radius 3 is 2.63 bits per heavy atom. The van der Waals surface area contributed by atoms with Gasteiger partial charge in [0, 0.05) is 6.04 Å². The number of urea groups is 1. The van der Waals surface area contributed by atoms with Crippen LogP contribution in [0.25, 0.3) is 0 Å². The first-order valence-corrected chi connectivity index (χ1v) is 7.23. The third-order valence-electron chi connectivity index (χ3n) is 2.48. The van der Waals surface area contributed by atoms with E-state index >= 15 is 0 Å². The van der Waals surface area contributed by atoms with E-state index in [2.05, 4.69) is 5.32 Å². The van der Waals surface area contributed by atoms with Crippen LogP contribution < -0.4 is 15.8 Å². The lowest BCUT2D eigenvalue weighted by Gasteiger charge is -2.10. The largest absolute Gasteiger partial charge is 0.396 e. The molecular weight excluding hydrogens is 297 g/mol.